The van der Waals surface area contributed by atoms with E-state index in [9.17, 15) is 4.91 Å². The van der Waals surface area contributed by atoms with E-state index in [-0.39, 0.29) is 6.04 Å². The second-order valence-corrected chi connectivity index (χ2v) is 4.05. The van der Waals surface area contributed by atoms with Crippen molar-refractivity contribution in [1.82, 2.24) is 0 Å². The van der Waals surface area contributed by atoms with E-state index in [0.29, 0.717) is 16.7 Å². The van der Waals surface area contributed by atoms with Gasteiger partial charge in [0.05, 0.1) is 0 Å². The Hall–Kier alpha value is -0.180. The fourth-order valence-electron chi connectivity index (χ4n) is 1.87. The summed E-state index contributed by atoms with van der Waals surface area (Å²) in [6, 6.07) is -0.00463. The first-order valence-electron chi connectivity index (χ1n) is 3.48. The van der Waals surface area contributed by atoms with Crippen LogP contribution < -0.4 is 0 Å². The van der Waals surface area contributed by atoms with Crippen molar-refractivity contribution in [3.05, 3.63) is 17.1 Å². The number of hydrogen-bond acceptors (Lipinski definition) is 2. The molecule has 54 valence electrons. The molecule has 0 radical (unpaired) electrons. The van der Waals surface area contributed by atoms with Crippen LogP contribution in [0.2, 0.25) is 0 Å². The van der Waals surface area contributed by atoms with Crippen molar-refractivity contribution in [3.8, 4) is 0 Å². The van der Waals surface area contributed by atoms with E-state index in [2.05, 4.69) is 33.3 Å². The first-order chi connectivity index (χ1) is 4.83. The molecule has 0 aromatic carbocycles. The molecular formula is C7H8BrNO. The van der Waals surface area contributed by atoms with Crippen molar-refractivity contribution in [3.63, 3.8) is 0 Å². The topological polar surface area (TPSA) is 29.4 Å². The van der Waals surface area contributed by atoms with Gasteiger partial charge in [0.1, 0.15) is 6.04 Å². The van der Waals surface area contributed by atoms with Gasteiger partial charge in [-0.1, -0.05) is 33.3 Å². The predicted molar refractivity (Wildman–Crippen MR) is 43.0 cm³/mol. The third-order valence-electron chi connectivity index (χ3n) is 2.45. The molecule has 2 nitrogen and oxygen atoms in total. The van der Waals surface area contributed by atoms with Crippen LogP contribution in [-0.2, 0) is 0 Å². The van der Waals surface area contributed by atoms with Crippen LogP contribution in [0.4, 0.5) is 0 Å². The number of rotatable bonds is 1. The number of alkyl halides is 1. The van der Waals surface area contributed by atoms with E-state index in [4.69, 9.17) is 0 Å². The minimum absolute atomic E-state index is 0.00463. The van der Waals surface area contributed by atoms with E-state index in [1.54, 1.807) is 0 Å². The molecule has 2 aliphatic rings. The highest BCUT2D eigenvalue weighted by atomic mass is 79.9. The zero-order chi connectivity index (χ0) is 7.14. The molecule has 1 saturated carbocycles. The Balaban J connectivity index is 2.25. The van der Waals surface area contributed by atoms with E-state index in [1.165, 1.54) is 0 Å². The molecule has 0 unspecified atom stereocenters. The molecule has 0 heterocycles. The zero-order valence-corrected chi connectivity index (χ0v) is 6.99. The van der Waals surface area contributed by atoms with Crippen molar-refractivity contribution >= 4 is 15.9 Å². The van der Waals surface area contributed by atoms with Crippen LogP contribution >= 0.6 is 15.9 Å². The van der Waals surface area contributed by atoms with Gasteiger partial charge >= 0.3 is 0 Å². The van der Waals surface area contributed by atoms with Gasteiger partial charge < -0.3 is 0 Å². The quantitative estimate of drug-likeness (QED) is 0.363. The van der Waals surface area contributed by atoms with Gasteiger partial charge in [-0.2, -0.15) is 4.91 Å². The van der Waals surface area contributed by atoms with E-state index in [1.807, 2.05) is 0 Å². The molecule has 2 bridgehead atoms. The highest BCUT2D eigenvalue weighted by Gasteiger charge is 2.44. The molecule has 4 atom stereocenters. The second-order valence-electron chi connectivity index (χ2n) is 2.99. The fraction of sp³-hybridized carbons (Fsp3) is 0.714. The van der Waals surface area contributed by atoms with Crippen LogP contribution in [0.1, 0.15) is 6.42 Å². The smallest absolute Gasteiger partial charge is 0.111 e. The van der Waals surface area contributed by atoms with Crippen LogP contribution in [0.25, 0.3) is 0 Å². The lowest BCUT2D eigenvalue weighted by atomic mass is 10.0. The third kappa shape index (κ3) is 0.698. The predicted octanol–water partition coefficient (Wildman–Crippen LogP) is 2.09. The Morgan fingerprint density at radius 1 is 1.40 bits per heavy atom. The van der Waals surface area contributed by atoms with E-state index < -0.39 is 0 Å². The Labute approximate surface area is 67.8 Å². The Bertz CT molecular complexity index is 192. The molecule has 1 fully saturated rings. The van der Waals surface area contributed by atoms with Gasteiger partial charge in [-0.15, -0.1) is 0 Å². The molecule has 0 N–H and O–H groups in total. The molecule has 0 amide bonds. The molecule has 2 aliphatic carbocycles. The lowest BCUT2D eigenvalue weighted by molar-refractivity contribution is 0.588. The first-order valence-corrected chi connectivity index (χ1v) is 4.39. The van der Waals surface area contributed by atoms with Gasteiger partial charge in [0.2, 0.25) is 0 Å². The summed E-state index contributed by atoms with van der Waals surface area (Å²) in [7, 11) is 0. The van der Waals surface area contributed by atoms with Crippen molar-refractivity contribution in [2.75, 3.05) is 0 Å². The monoisotopic (exact) mass is 201 g/mol. The van der Waals surface area contributed by atoms with Gasteiger partial charge in [-0.25, -0.2) is 0 Å². The highest BCUT2D eigenvalue weighted by Crippen LogP contribution is 2.44. The molecular weight excluding hydrogens is 194 g/mol. The maximum Gasteiger partial charge on any atom is 0.111 e. The minimum atomic E-state index is -0.00463. The Morgan fingerprint density at radius 2 is 2.10 bits per heavy atom. The number of halogens is 1. The number of nitroso groups, excluding NO2 is 1. The standard InChI is InChI=1S/C7H8BrNO/c8-6-4-1-2-5(3-4)7(6)9-10/h1-2,4-7H,3H2/t4-,5-,6-,7+/m0/s1. The van der Waals surface area contributed by atoms with Crippen LogP contribution in [0.3, 0.4) is 0 Å². The normalized spacial score (nSPS) is 50.1. The summed E-state index contributed by atoms with van der Waals surface area (Å²) in [6.45, 7) is 0. The van der Waals surface area contributed by atoms with Crippen molar-refractivity contribution in [1.29, 1.82) is 0 Å². The molecule has 3 heteroatoms. The molecule has 0 aliphatic heterocycles. The summed E-state index contributed by atoms with van der Waals surface area (Å²) in [4.78, 5) is 10.6. The lowest BCUT2D eigenvalue weighted by Crippen LogP contribution is -2.22. The van der Waals surface area contributed by atoms with Crippen LogP contribution in [0, 0.1) is 16.7 Å². The third-order valence-corrected chi connectivity index (χ3v) is 3.67. The van der Waals surface area contributed by atoms with Gasteiger partial charge in [0.25, 0.3) is 0 Å². The molecule has 0 saturated heterocycles. The molecule has 10 heavy (non-hydrogen) atoms. The number of allylic oxidation sites excluding steroid dienone is 1. The molecule has 2 rings (SSSR count). The van der Waals surface area contributed by atoms with Gasteiger partial charge in [-0.3, -0.25) is 0 Å². The number of nitrogens with zero attached hydrogens (tertiary/aromatic N) is 1. The highest BCUT2D eigenvalue weighted by molar-refractivity contribution is 9.09. The summed E-state index contributed by atoms with van der Waals surface area (Å²) < 4.78 is 0. The van der Waals surface area contributed by atoms with Crippen LogP contribution in [0.15, 0.2) is 17.3 Å². The average Bonchev–Trinajstić information content (AvgIpc) is 2.46. The van der Waals surface area contributed by atoms with E-state index >= 15 is 0 Å². The van der Waals surface area contributed by atoms with Crippen molar-refractivity contribution < 1.29 is 0 Å². The zero-order valence-electron chi connectivity index (χ0n) is 5.40. The number of fused-ring (bicyclic) bond motifs is 2. The SMILES string of the molecule is O=N[C@H]1[C@@H](Br)[C@H]2C=C[C@H]1C2. The van der Waals surface area contributed by atoms with Crippen molar-refractivity contribution in [2.24, 2.45) is 17.0 Å². The summed E-state index contributed by atoms with van der Waals surface area (Å²) in [6.07, 6.45) is 5.42. The first kappa shape index (κ1) is 6.53. The summed E-state index contributed by atoms with van der Waals surface area (Å²) >= 11 is 3.48. The Kier molecular flexibility index (Phi) is 1.41. The molecule has 0 spiro atoms. The van der Waals surface area contributed by atoms with Crippen LogP contribution in [-0.4, -0.2) is 10.9 Å². The maximum absolute atomic E-state index is 10.3. The van der Waals surface area contributed by atoms with Crippen molar-refractivity contribution in [2.45, 2.75) is 17.3 Å². The van der Waals surface area contributed by atoms with Gasteiger partial charge in [0.15, 0.2) is 0 Å². The maximum atomic E-state index is 10.3. The summed E-state index contributed by atoms with van der Waals surface area (Å²) in [5.74, 6) is 0.986. The lowest BCUT2D eigenvalue weighted by Gasteiger charge is -2.15. The molecule has 0 aromatic rings. The van der Waals surface area contributed by atoms with Gasteiger partial charge in [-0.05, 0) is 12.3 Å². The largest absolute Gasteiger partial charge is 0.150 e. The van der Waals surface area contributed by atoms with Gasteiger partial charge in [0, 0.05) is 10.7 Å². The molecule has 0 aromatic heterocycles. The second kappa shape index (κ2) is 2.16. The Morgan fingerprint density at radius 3 is 2.50 bits per heavy atom. The van der Waals surface area contributed by atoms with Crippen LogP contribution in [0.5, 0.6) is 0 Å². The summed E-state index contributed by atoms with van der Waals surface area (Å²) in [5.41, 5.74) is 0. The summed E-state index contributed by atoms with van der Waals surface area (Å²) in [5, 5.41) is 3.10. The average molecular weight is 202 g/mol. The number of hydrogen-bond donors (Lipinski definition) is 0. The van der Waals surface area contributed by atoms with E-state index in [0.717, 1.165) is 6.42 Å². The fourth-order valence-corrected chi connectivity index (χ4v) is 2.75. The minimum Gasteiger partial charge on any atom is -0.150 e.